The summed E-state index contributed by atoms with van der Waals surface area (Å²) in [6.07, 6.45) is 2.23. The van der Waals surface area contributed by atoms with Crippen LogP contribution in [0.15, 0.2) is 0 Å². The van der Waals surface area contributed by atoms with Gasteiger partial charge in [-0.05, 0) is 18.8 Å². The maximum atomic E-state index is 8.50. The van der Waals surface area contributed by atoms with Crippen LogP contribution < -0.4 is 0 Å². The third-order valence-corrected chi connectivity index (χ3v) is 2.38. The lowest BCUT2D eigenvalue weighted by Crippen LogP contribution is -2.21. The minimum Gasteiger partial charge on any atom is -0.381 e. The number of nitriles is 1. The average Bonchev–Trinajstić information content (AvgIpc) is 2.85. The third-order valence-electron chi connectivity index (χ3n) is 2.38. The molecular weight excluding hydrogens is 142 g/mol. The first-order chi connectivity index (χ1) is 5.42. The summed E-state index contributed by atoms with van der Waals surface area (Å²) in [5.74, 6) is 0.577. The molecule has 2 rings (SSSR count). The van der Waals surface area contributed by atoms with Crippen molar-refractivity contribution in [3.63, 3.8) is 0 Å². The van der Waals surface area contributed by atoms with E-state index in [9.17, 15) is 0 Å². The second-order valence-electron chi connectivity index (χ2n) is 3.10. The van der Waals surface area contributed by atoms with Crippen LogP contribution in [0.4, 0.5) is 0 Å². The standard InChI is InChI=1S/C8H11NO2/c9-5-7-8(11-7)6-1-3-10-4-2-6/h6-8H,1-4H2. The fourth-order valence-electron chi connectivity index (χ4n) is 1.63. The van der Waals surface area contributed by atoms with Crippen molar-refractivity contribution in [3.05, 3.63) is 0 Å². The monoisotopic (exact) mass is 153 g/mol. The van der Waals surface area contributed by atoms with Gasteiger partial charge in [0.2, 0.25) is 0 Å². The molecule has 0 N–H and O–H groups in total. The van der Waals surface area contributed by atoms with E-state index in [4.69, 9.17) is 14.7 Å². The van der Waals surface area contributed by atoms with E-state index in [2.05, 4.69) is 6.07 Å². The first-order valence-electron chi connectivity index (χ1n) is 4.04. The molecule has 0 spiro atoms. The number of hydrogen-bond donors (Lipinski definition) is 0. The lowest BCUT2D eigenvalue weighted by molar-refractivity contribution is 0.0571. The normalized spacial score (nSPS) is 38.1. The van der Waals surface area contributed by atoms with Crippen molar-refractivity contribution >= 4 is 0 Å². The Balaban J connectivity index is 1.83. The molecule has 60 valence electrons. The Morgan fingerprint density at radius 3 is 2.55 bits per heavy atom. The van der Waals surface area contributed by atoms with Gasteiger partial charge in [-0.25, -0.2) is 0 Å². The van der Waals surface area contributed by atoms with Gasteiger partial charge in [-0.15, -0.1) is 0 Å². The molecule has 2 atom stereocenters. The molecule has 0 aromatic carbocycles. The summed E-state index contributed by atoms with van der Waals surface area (Å²) in [7, 11) is 0. The van der Waals surface area contributed by atoms with Crippen LogP contribution in [-0.4, -0.2) is 25.4 Å². The summed E-state index contributed by atoms with van der Waals surface area (Å²) in [5.41, 5.74) is 0. The topological polar surface area (TPSA) is 45.5 Å². The minimum atomic E-state index is -0.113. The predicted molar refractivity (Wildman–Crippen MR) is 37.8 cm³/mol. The first kappa shape index (κ1) is 7.08. The number of rotatable bonds is 1. The van der Waals surface area contributed by atoms with Gasteiger partial charge in [0.05, 0.1) is 6.07 Å². The van der Waals surface area contributed by atoms with Gasteiger partial charge in [0.25, 0.3) is 0 Å². The fourth-order valence-corrected chi connectivity index (χ4v) is 1.63. The molecule has 2 fully saturated rings. The van der Waals surface area contributed by atoms with E-state index in [-0.39, 0.29) is 12.2 Å². The van der Waals surface area contributed by atoms with Crippen molar-refractivity contribution in [1.29, 1.82) is 5.26 Å². The van der Waals surface area contributed by atoms with Gasteiger partial charge < -0.3 is 9.47 Å². The molecule has 0 radical (unpaired) electrons. The van der Waals surface area contributed by atoms with Crippen LogP contribution in [0, 0.1) is 17.2 Å². The van der Waals surface area contributed by atoms with Gasteiger partial charge in [0.15, 0.2) is 6.10 Å². The summed E-state index contributed by atoms with van der Waals surface area (Å²) in [4.78, 5) is 0. The molecule has 11 heavy (non-hydrogen) atoms. The summed E-state index contributed by atoms with van der Waals surface area (Å²) in [6.45, 7) is 1.67. The van der Waals surface area contributed by atoms with E-state index in [1.807, 2.05) is 0 Å². The maximum absolute atomic E-state index is 8.50. The van der Waals surface area contributed by atoms with Crippen molar-refractivity contribution in [2.24, 2.45) is 5.92 Å². The Bertz CT molecular complexity index is 181. The van der Waals surface area contributed by atoms with Gasteiger partial charge >= 0.3 is 0 Å². The summed E-state index contributed by atoms with van der Waals surface area (Å²) in [6, 6.07) is 2.12. The first-order valence-corrected chi connectivity index (χ1v) is 4.04. The Morgan fingerprint density at radius 2 is 2.00 bits per heavy atom. The third kappa shape index (κ3) is 1.37. The molecule has 2 heterocycles. The van der Waals surface area contributed by atoms with Crippen molar-refractivity contribution in [3.8, 4) is 6.07 Å². The number of hydrogen-bond acceptors (Lipinski definition) is 3. The van der Waals surface area contributed by atoms with Crippen molar-refractivity contribution in [2.75, 3.05) is 13.2 Å². The Labute approximate surface area is 65.9 Å². The van der Waals surface area contributed by atoms with Crippen LogP contribution >= 0.6 is 0 Å². The zero-order chi connectivity index (χ0) is 7.68. The molecule has 0 bridgehead atoms. The summed E-state index contributed by atoms with van der Waals surface area (Å²) in [5, 5.41) is 8.50. The van der Waals surface area contributed by atoms with Crippen LogP contribution in [0.2, 0.25) is 0 Å². The molecule has 0 saturated carbocycles. The molecule has 2 aliphatic heterocycles. The number of epoxide rings is 1. The van der Waals surface area contributed by atoms with Crippen molar-refractivity contribution < 1.29 is 9.47 Å². The smallest absolute Gasteiger partial charge is 0.170 e. The number of ether oxygens (including phenoxy) is 2. The second kappa shape index (κ2) is 2.80. The zero-order valence-corrected chi connectivity index (χ0v) is 6.32. The maximum Gasteiger partial charge on any atom is 0.170 e. The lowest BCUT2D eigenvalue weighted by Gasteiger charge is -2.19. The fraction of sp³-hybridized carbons (Fsp3) is 0.875. The van der Waals surface area contributed by atoms with Crippen LogP contribution in [0.3, 0.4) is 0 Å². The van der Waals surface area contributed by atoms with E-state index in [0.717, 1.165) is 26.1 Å². The Morgan fingerprint density at radius 1 is 1.27 bits per heavy atom. The molecule has 0 aromatic heterocycles. The van der Waals surface area contributed by atoms with Gasteiger partial charge in [-0.3, -0.25) is 0 Å². The Kier molecular flexibility index (Phi) is 1.80. The van der Waals surface area contributed by atoms with E-state index < -0.39 is 0 Å². The molecule has 0 amide bonds. The number of nitrogens with zero attached hydrogens (tertiary/aromatic N) is 1. The van der Waals surface area contributed by atoms with Gasteiger partial charge in [0.1, 0.15) is 6.10 Å². The van der Waals surface area contributed by atoms with E-state index >= 15 is 0 Å². The SMILES string of the molecule is N#CC1OC1C1CCOCC1. The highest BCUT2D eigenvalue weighted by molar-refractivity contribution is 5.04. The molecule has 3 heteroatoms. The average molecular weight is 153 g/mol. The van der Waals surface area contributed by atoms with E-state index in [1.165, 1.54) is 0 Å². The second-order valence-corrected chi connectivity index (χ2v) is 3.10. The minimum absolute atomic E-state index is 0.113. The molecule has 2 aliphatic rings. The lowest BCUT2D eigenvalue weighted by atomic mass is 9.95. The van der Waals surface area contributed by atoms with Crippen molar-refractivity contribution in [1.82, 2.24) is 0 Å². The van der Waals surface area contributed by atoms with Gasteiger partial charge in [-0.1, -0.05) is 0 Å². The largest absolute Gasteiger partial charge is 0.381 e. The highest BCUT2D eigenvalue weighted by Crippen LogP contribution is 2.34. The zero-order valence-electron chi connectivity index (χ0n) is 6.32. The molecular formula is C8H11NO2. The molecule has 0 aliphatic carbocycles. The van der Waals surface area contributed by atoms with E-state index in [0.29, 0.717) is 5.92 Å². The molecule has 3 nitrogen and oxygen atoms in total. The van der Waals surface area contributed by atoms with Crippen LogP contribution in [0.25, 0.3) is 0 Å². The molecule has 2 unspecified atom stereocenters. The summed E-state index contributed by atoms with van der Waals surface area (Å²) < 4.78 is 10.4. The molecule has 0 aromatic rings. The highest BCUT2D eigenvalue weighted by atomic mass is 16.6. The quantitative estimate of drug-likeness (QED) is 0.521. The van der Waals surface area contributed by atoms with Crippen LogP contribution in [0.1, 0.15) is 12.8 Å². The highest BCUT2D eigenvalue weighted by Gasteiger charge is 2.45. The van der Waals surface area contributed by atoms with Gasteiger partial charge in [0, 0.05) is 13.2 Å². The predicted octanol–water partition coefficient (Wildman–Crippen LogP) is 0.704. The summed E-state index contributed by atoms with van der Waals surface area (Å²) >= 11 is 0. The van der Waals surface area contributed by atoms with Gasteiger partial charge in [-0.2, -0.15) is 5.26 Å². The van der Waals surface area contributed by atoms with Crippen molar-refractivity contribution in [2.45, 2.75) is 25.0 Å². The molecule has 2 saturated heterocycles. The Hall–Kier alpha value is -0.590. The van der Waals surface area contributed by atoms with E-state index in [1.54, 1.807) is 0 Å². The van der Waals surface area contributed by atoms with Crippen LogP contribution in [0.5, 0.6) is 0 Å². The van der Waals surface area contributed by atoms with Crippen LogP contribution in [-0.2, 0) is 9.47 Å².